The second-order valence-corrected chi connectivity index (χ2v) is 10.1. The molecule has 1 saturated heterocycles. The number of rotatable bonds is 8. The van der Waals surface area contributed by atoms with Crippen LogP contribution in [-0.2, 0) is 11.2 Å². The second kappa shape index (κ2) is 10.5. The number of Topliss-reactive ketones (excluding diaryl/α,β-unsaturated/α-hetero) is 1. The fourth-order valence-electron chi connectivity index (χ4n) is 5.11. The number of fused-ring (bicyclic) bond motifs is 1. The average Bonchev–Trinajstić information content (AvgIpc) is 3.68. The molecule has 2 aromatic heterocycles. The molecule has 2 aromatic carbocycles. The molecule has 7 nitrogen and oxygen atoms in total. The first-order valence-corrected chi connectivity index (χ1v) is 13.2. The summed E-state index contributed by atoms with van der Waals surface area (Å²) in [6.45, 7) is 3.91. The van der Waals surface area contributed by atoms with E-state index in [0.29, 0.717) is 35.7 Å². The number of halogens is 1. The first-order valence-electron chi connectivity index (χ1n) is 13.2. The number of pyridine rings is 1. The molecule has 6 rings (SSSR count). The zero-order valence-electron chi connectivity index (χ0n) is 21.3. The van der Waals surface area contributed by atoms with Crippen molar-refractivity contribution in [2.24, 2.45) is 5.92 Å². The Morgan fingerprint density at radius 3 is 2.82 bits per heavy atom. The number of ketones is 1. The van der Waals surface area contributed by atoms with Crippen LogP contribution in [0.25, 0.3) is 22.0 Å². The fourth-order valence-corrected chi connectivity index (χ4v) is 5.11. The third kappa shape index (κ3) is 5.09. The van der Waals surface area contributed by atoms with E-state index < -0.39 is 12.1 Å². The van der Waals surface area contributed by atoms with Crippen LogP contribution in [0.4, 0.5) is 10.3 Å². The molecule has 0 radical (unpaired) electrons. The van der Waals surface area contributed by atoms with Crippen molar-refractivity contribution in [1.82, 2.24) is 20.3 Å². The van der Waals surface area contributed by atoms with Crippen LogP contribution in [0, 0.1) is 12.8 Å². The number of nitrogens with zero attached hydrogens (tertiary/aromatic N) is 3. The van der Waals surface area contributed by atoms with E-state index in [1.165, 1.54) is 0 Å². The van der Waals surface area contributed by atoms with Crippen molar-refractivity contribution in [2.75, 3.05) is 18.4 Å². The summed E-state index contributed by atoms with van der Waals surface area (Å²) in [7, 11) is 0. The van der Waals surface area contributed by atoms with Crippen molar-refractivity contribution in [3.63, 3.8) is 0 Å². The van der Waals surface area contributed by atoms with Gasteiger partial charge in [0.05, 0.1) is 17.2 Å². The molecule has 3 atom stereocenters. The van der Waals surface area contributed by atoms with E-state index in [1.54, 1.807) is 12.4 Å². The number of benzene rings is 2. The van der Waals surface area contributed by atoms with E-state index in [2.05, 4.69) is 20.6 Å². The number of alkyl halides is 1. The van der Waals surface area contributed by atoms with E-state index in [4.69, 9.17) is 9.72 Å². The number of ether oxygens (including phenoxy) is 1. The van der Waals surface area contributed by atoms with Crippen LogP contribution < -0.4 is 15.4 Å². The van der Waals surface area contributed by atoms with Gasteiger partial charge in [-0.3, -0.25) is 4.79 Å². The Kier molecular flexibility index (Phi) is 6.72. The normalized spacial score (nSPS) is 20.7. The molecule has 0 bridgehead atoms. The number of anilines is 1. The highest BCUT2D eigenvalue weighted by atomic mass is 19.1. The summed E-state index contributed by atoms with van der Waals surface area (Å²) in [5, 5.41) is 8.64. The predicted octanol–water partition coefficient (Wildman–Crippen LogP) is 5.43. The fraction of sp³-hybridized carbons (Fsp3) is 0.333. The molecule has 2 N–H and O–H groups in total. The van der Waals surface area contributed by atoms with Crippen LogP contribution in [0.15, 0.2) is 60.9 Å². The van der Waals surface area contributed by atoms with Gasteiger partial charge in [0.25, 0.3) is 0 Å². The number of aryl methyl sites for hydroxylation is 1. The van der Waals surface area contributed by atoms with Crippen molar-refractivity contribution in [2.45, 2.75) is 44.8 Å². The van der Waals surface area contributed by atoms with E-state index >= 15 is 0 Å². The summed E-state index contributed by atoms with van der Waals surface area (Å²) in [5.41, 5.74) is 3.29. The van der Waals surface area contributed by atoms with Crippen LogP contribution >= 0.6 is 0 Å². The first kappa shape index (κ1) is 24.4. The lowest BCUT2D eigenvalue weighted by Gasteiger charge is -2.23. The highest BCUT2D eigenvalue weighted by molar-refractivity contribution is 5.96. The summed E-state index contributed by atoms with van der Waals surface area (Å²) in [6.07, 6.45) is 5.20. The van der Waals surface area contributed by atoms with Crippen molar-refractivity contribution in [1.29, 1.82) is 0 Å². The molecule has 3 heterocycles. The minimum atomic E-state index is -0.988. The molecule has 0 amide bonds. The smallest absolute Gasteiger partial charge is 0.228 e. The molecule has 8 heteroatoms. The van der Waals surface area contributed by atoms with Crippen LogP contribution in [0.5, 0.6) is 11.6 Å². The lowest BCUT2D eigenvalue weighted by molar-refractivity contribution is -0.119. The molecule has 1 aliphatic carbocycles. The number of hydrogen-bond acceptors (Lipinski definition) is 7. The van der Waals surface area contributed by atoms with E-state index in [-0.39, 0.29) is 12.2 Å². The van der Waals surface area contributed by atoms with Gasteiger partial charge in [-0.25, -0.2) is 19.3 Å². The summed E-state index contributed by atoms with van der Waals surface area (Å²) in [6, 6.07) is 15.7. The Morgan fingerprint density at radius 2 is 2.00 bits per heavy atom. The minimum absolute atomic E-state index is 0.0442. The topological polar surface area (TPSA) is 89.0 Å². The maximum atomic E-state index is 13.5. The predicted molar refractivity (Wildman–Crippen MR) is 145 cm³/mol. The summed E-state index contributed by atoms with van der Waals surface area (Å²) in [5.74, 6) is 1.19. The monoisotopic (exact) mass is 511 g/mol. The largest absolute Gasteiger partial charge is 0.437 e. The van der Waals surface area contributed by atoms with Gasteiger partial charge in [0.1, 0.15) is 17.7 Å². The Balaban J connectivity index is 1.31. The molecule has 4 aromatic rings. The molecule has 1 aliphatic heterocycles. The summed E-state index contributed by atoms with van der Waals surface area (Å²) >= 11 is 0. The van der Waals surface area contributed by atoms with Gasteiger partial charge in [0, 0.05) is 36.8 Å². The Labute approximate surface area is 220 Å². The van der Waals surface area contributed by atoms with E-state index in [1.807, 2.05) is 55.5 Å². The maximum Gasteiger partial charge on any atom is 0.228 e. The van der Waals surface area contributed by atoms with Gasteiger partial charge in [0.15, 0.2) is 0 Å². The number of piperidine rings is 1. The average molecular weight is 512 g/mol. The van der Waals surface area contributed by atoms with Crippen molar-refractivity contribution in [3.8, 4) is 22.9 Å². The van der Waals surface area contributed by atoms with E-state index in [9.17, 15) is 9.18 Å². The third-order valence-electron chi connectivity index (χ3n) is 7.32. The number of carbonyl (C=O) groups is 1. The number of aromatic nitrogens is 3. The minimum Gasteiger partial charge on any atom is -0.437 e. The molecule has 1 saturated carbocycles. The van der Waals surface area contributed by atoms with Crippen LogP contribution in [0.3, 0.4) is 0 Å². The van der Waals surface area contributed by atoms with Gasteiger partial charge in [-0.05, 0) is 67.4 Å². The van der Waals surface area contributed by atoms with Gasteiger partial charge >= 0.3 is 0 Å². The van der Waals surface area contributed by atoms with Gasteiger partial charge < -0.3 is 15.4 Å². The number of carbonyl (C=O) groups excluding carboxylic acids is 1. The van der Waals surface area contributed by atoms with Gasteiger partial charge in [-0.1, -0.05) is 30.3 Å². The molecule has 194 valence electrons. The lowest BCUT2D eigenvalue weighted by Crippen LogP contribution is -2.38. The second-order valence-electron chi connectivity index (χ2n) is 10.1. The first-order chi connectivity index (χ1) is 18.6. The quantitative estimate of drug-likeness (QED) is 0.326. The molecule has 38 heavy (non-hydrogen) atoms. The van der Waals surface area contributed by atoms with Crippen molar-refractivity contribution >= 4 is 22.5 Å². The number of nitrogens with one attached hydrogen (secondary N) is 2. The standard InChI is InChI=1S/C30H30FN5O2/c1-18-9-10-21-19(15-27(37)24-16-25(24)31)5-2-7-22(21)28(18)38-29-23(8-4-13-33-29)26-11-14-34-30(36-26)35-20-6-3-12-32-17-20/h2,4-5,7-11,13-14,20,24-25,32H,3,6,12,15-17H2,1H3,(H,34,35,36)/t20-,24-,25+/m0/s1. The highest BCUT2D eigenvalue weighted by Gasteiger charge is 2.43. The summed E-state index contributed by atoms with van der Waals surface area (Å²) in [4.78, 5) is 26.3. The third-order valence-corrected chi connectivity index (χ3v) is 7.32. The molecule has 0 spiro atoms. The van der Waals surface area contributed by atoms with Crippen molar-refractivity contribution < 1.29 is 13.9 Å². The van der Waals surface area contributed by atoms with Gasteiger partial charge in [-0.2, -0.15) is 0 Å². The lowest BCUT2D eigenvalue weighted by atomic mass is 9.97. The molecule has 2 fully saturated rings. The Hall–Kier alpha value is -3.91. The van der Waals surface area contributed by atoms with Gasteiger partial charge in [-0.15, -0.1) is 0 Å². The van der Waals surface area contributed by atoms with E-state index in [0.717, 1.165) is 53.4 Å². The molecule has 0 unspecified atom stereocenters. The zero-order valence-corrected chi connectivity index (χ0v) is 21.3. The maximum absolute atomic E-state index is 13.5. The molecular weight excluding hydrogens is 481 g/mol. The molecular formula is C30H30FN5O2. The molecule has 2 aliphatic rings. The van der Waals surface area contributed by atoms with Crippen molar-refractivity contribution in [3.05, 3.63) is 72.1 Å². The van der Waals surface area contributed by atoms with Crippen LogP contribution in [0.2, 0.25) is 0 Å². The van der Waals surface area contributed by atoms with Crippen LogP contribution in [-0.4, -0.2) is 46.0 Å². The SMILES string of the molecule is Cc1ccc2c(CC(=O)[C@H]3C[C@H]3F)cccc2c1Oc1ncccc1-c1ccnc(N[C@H]2CCCNC2)n1. The van der Waals surface area contributed by atoms with Gasteiger partial charge in [0.2, 0.25) is 11.8 Å². The summed E-state index contributed by atoms with van der Waals surface area (Å²) < 4.78 is 19.9. The zero-order chi connectivity index (χ0) is 26.1. The Morgan fingerprint density at radius 1 is 1.11 bits per heavy atom. The van der Waals surface area contributed by atoms with Crippen LogP contribution in [0.1, 0.15) is 30.4 Å². The Bertz CT molecular complexity index is 1490. The number of hydrogen-bond donors (Lipinski definition) is 2. The highest BCUT2D eigenvalue weighted by Crippen LogP contribution is 2.39.